The minimum absolute atomic E-state index is 0.302. The van der Waals surface area contributed by atoms with Crippen molar-refractivity contribution in [2.75, 3.05) is 4.72 Å². The van der Waals surface area contributed by atoms with Crippen molar-refractivity contribution in [3.63, 3.8) is 0 Å². The van der Waals surface area contributed by atoms with Crippen LogP contribution in [-0.2, 0) is 22.9 Å². The molecule has 0 atom stereocenters. The maximum absolute atomic E-state index is 12.5. The van der Waals surface area contributed by atoms with Gasteiger partial charge in [0.25, 0.3) is 10.0 Å². The Kier molecular flexibility index (Phi) is 4.21. The lowest BCUT2D eigenvalue weighted by Crippen LogP contribution is -2.16. The van der Waals surface area contributed by atoms with E-state index in [9.17, 15) is 8.42 Å². The lowest BCUT2D eigenvalue weighted by atomic mass is 9.91. The first kappa shape index (κ1) is 14.8. The van der Waals surface area contributed by atoms with E-state index in [1.807, 2.05) is 12.1 Å². The van der Waals surface area contributed by atoms with E-state index in [0.29, 0.717) is 4.90 Å². The van der Waals surface area contributed by atoms with E-state index in [-0.39, 0.29) is 0 Å². The smallest absolute Gasteiger partial charge is 0.261 e. The number of halogens is 1. The summed E-state index contributed by atoms with van der Waals surface area (Å²) in [5, 5.41) is 0. The molecule has 0 heterocycles. The van der Waals surface area contributed by atoms with Gasteiger partial charge in [-0.25, -0.2) is 8.42 Å². The van der Waals surface area contributed by atoms with Crippen LogP contribution in [0.3, 0.4) is 0 Å². The molecular formula is C16H16INO2S. The van der Waals surface area contributed by atoms with Crippen molar-refractivity contribution in [3.05, 3.63) is 57.2 Å². The van der Waals surface area contributed by atoms with E-state index in [2.05, 4.69) is 33.4 Å². The monoisotopic (exact) mass is 413 g/mol. The number of rotatable bonds is 3. The molecule has 1 aliphatic rings. The summed E-state index contributed by atoms with van der Waals surface area (Å²) in [5.74, 6) is 0. The molecule has 0 amide bonds. The van der Waals surface area contributed by atoms with Gasteiger partial charge in [0.2, 0.25) is 0 Å². The van der Waals surface area contributed by atoms with Crippen LogP contribution in [0.5, 0.6) is 0 Å². The molecule has 5 heteroatoms. The van der Waals surface area contributed by atoms with Crippen molar-refractivity contribution in [1.29, 1.82) is 0 Å². The maximum atomic E-state index is 12.5. The fraction of sp³-hybridized carbons (Fsp3) is 0.250. The third-order valence-corrected chi connectivity index (χ3v) is 5.86. The Balaban J connectivity index is 1.94. The van der Waals surface area contributed by atoms with Crippen LogP contribution in [0.15, 0.2) is 47.4 Å². The number of hydrogen-bond acceptors (Lipinski definition) is 2. The van der Waals surface area contributed by atoms with E-state index >= 15 is 0 Å². The van der Waals surface area contributed by atoms with Gasteiger partial charge in [-0.2, -0.15) is 0 Å². The molecular weight excluding hydrogens is 397 g/mol. The van der Waals surface area contributed by atoms with Gasteiger partial charge in [-0.3, -0.25) is 4.72 Å². The summed E-state index contributed by atoms with van der Waals surface area (Å²) in [6.45, 7) is 0. The molecule has 0 saturated heterocycles. The number of sulfonamides is 1. The van der Waals surface area contributed by atoms with Gasteiger partial charge in [0.15, 0.2) is 0 Å². The van der Waals surface area contributed by atoms with E-state index in [1.54, 1.807) is 24.3 Å². The van der Waals surface area contributed by atoms with E-state index < -0.39 is 10.0 Å². The standard InChI is InChI=1S/C16H16INO2S/c17-13-8-10-14(11-9-13)21(19,20)18-16-7-3-5-12-4-1-2-6-15(12)16/h3,5,7-11,18H,1-2,4,6H2. The molecule has 0 saturated carbocycles. The zero-order chi connectivity index (χ0) is 14.9. The van der Waals surface area contributed by atoms with E-state index in [4.69, 9.17) is 0 Å². The van der Waals surface area contributed by atoms with Gasteiger partial charge < -0.3 is 0 Å². The van der Waals surface area contributed by atoms with Crippen LogP contribution in [0.25, 0.3) is 0 Å². The third-order valence-electron chi connectivity index (χ3n) is 3.76. The van der Waals surface area contributed by atoms with Crippen LogP contribution >= 0.6 is 22.6 Å². The summed E-state index contributed by atoms with van der Waals surface area (Å²) in [5.41, 5.74) is 3.15. The number of hydrogen-bond donors (Lipinski definition) is 1. The first-order chi connectivity index (χ1) is 10.1. The summed E-state index contributed by atoms with van der Waals surface area (Å²) in [4.78, 5) is 0.302. The number of benzene rings is 2. The highest BCUT2D eigenvalue weighted by Gasteiger charge is 2.18. The summed E-state index contributed by atoms with van der Waals surface area (Å²) in [6.07, 6.45) is 4.28. The highest BCUT2D eigenvalue weighted by Crippen LogP contribution is 2.29. The summed E-state index contributed by atoms with van der Waals surface area (Å²) in [6, 6.07) is 12.8. The van der Waals surface area contributed by atoms with Crippen molar-refractivity contribution in [2.45, 2.75) is 30.6 Å². The summed E-state index contributed by atoms with van der Waals surface area (Å²) in [7, 11) is -3.52. The van der Waals surface area contributed by atoms with Crippen LogP contribution in [-0.4, -0.2) is 8.42 Å². The molecule has 0 bridgehead atoms. The lowest BCUT2D eigenvalue weighted by molar-refractivity contribution is 0.601. The zero-order valence-electron chi connectivity index (χ0n) is 11.5. The third kappa shape index (κ3) is 3.23. The number of anilines is 1. The molecule has 0 spiro atoms. The number of nitrogens with one attached hydrogen (secondary N) is 1. The van der Waals surface area contributed by atoms with Crippen molar-refractivity contribution < 1.29 is 8.42 Å². The fourth-order valence-electron chi connectivity index (χ4n) is 2.69. The molecule has 0 radical (unpaired) electrons. The molecule has 2 aromatic rings. The van der Waals surface area contributed by atoms with Crippen molar-refractivity contribution in [1.82, 2.24) is 0 Å². The van der Waals surface area contributed by atoms with Crippen molar-refractivity contribution in [2.24, 2.45) is 0 Å². The van der Waals surface area contributed by atoms with E-state index in [0.717, 1.165) is 34.1 Å². The van der Waals surface area contributed by atoms with Crippen molar-refractivity contribution >= 4 is 38.3 Å². The second-order valence-electron chi connectivity index (χ2n) is 5.21. The topological polar surface area (TPSA) is 46.2 Å². The van der Waals surface area contributed by atoms with Crippen LogP contribution in [0.4, 0.5) is 5.69 Å². The summed E-state index contributed by atoms with van der Waals surface area (Å²) < 4.78 is 28.7. The van der Waals surface area contributed by atoms with Crippen LogP contribution in [0, 0.1) is 3.57 Å². The molecule has 1 aliphatic carbocycles. The molecule has 0 unspecified atom stereocenters. The Morgan fingerprint density at radius 1 is 0.952 bits per heavy atom. The average Bonchev–Trinajstić information content (AvgIpc) is 2.48. The first-order valence-corrected chi connectivity index (χ1v) is 9.51. The lowest BCUT2D eigenvalue weighted by Gasteiger charge is -2.20. The maximum Gasteiger partial charge on any atom is 0.261 e. The predicted octanol–water partition coefficient (Wildman–Crippen LogP) is 3.97. The molecule has 0 aromatic heterocycles. The quantitative estimate of drug-likeness (QED) is 0.775. The second-order valence-corrected chi connectivity index (χ2v) is 8.14. The second kappa shape index (κ2) is 5.96. The average molecular weight is 413 g/mol. The Bertz CT molecular complexity index is 754. The molecule has 1 N–H and O–H groups in total. The first-order valence-electron chi connectivity index (χ1n) is 6.95. The minimum Gasteiger partial charge on any atom is -0.279 e. The Morgan fingerprint density at radius 3 is 2.43 bits per heavy atom. The van der Waals surface area contributed by atoms with Gasteiger partial charge in [-0.1, -0.05) is 12.1 Å². The van der Waals surface area contributed by atoms with Crippen LogP contribution in [0.1, 0.15) is 24.0 Å². The van der Waals surface area contributed by atoms with Gasteiger partial charge in [0.1, 0.15) is 0 Å². The molecule has 0 aliphatic heterocycles. The van der Waals surface area contributed by atoms with Gasteiger partial charge >= 0.3 is 0 Å². The fourth-order valence-corrected chi connectivity index (χ4v) is 4.15. The molecule has 21 heavy (non-hydrogen) atoms. The van der Waals surface area contributed by atoms with E-state index in [1.165, 1.54) is 12.0 Å². The zero-order valence-corrected chi connectivity index (χ0v) is 14.4. The molecule has 3 rings (SSSR count). The van der Waals surface area contributed by atoms with Gasteiger partial charge in [0, 0.05) is 3.57 Å². The highest BCUT2D eigenvalue weighted by atomic mass is 127. The molecule has 110 valence electrons. The number of fused-ring (bicyclic) bond motifs is 1. The predicted molar refractivity (Wildman–Crippen MR) is 93.1 cm³/mol. The van der Waals surface area contributed by atoms with Crippen LogP contribution in [0.2, 0.25) is 0 Å². The number of aryl methyl sites for hydroxylation is 1. The van der Waals surface area contributed by atoms with Gasteiger partial charge in [-0.15, -0.1) is 0 Å². The highest BCUT2D eigenvalue weighted by molar-refractivity contribution is 14.1. The normalized spacial score (nSPS) is 14.5. The Labute approximate surface area is 139 Å². The minimum atomic E-state index is -3.52. The molecule has 2 aromatic carbocycles. The summed E-state index contributed by atoms with van der Waals surface area (Å²) >= 11 is 2.16. The largest absolute Gasteiger partial charge is 0.279 e. The van der Waals surface area contributed by atoms with Gasteiger partial charge in [-0.05, 0) is 89.7 Å². The molecule has 0 fully saturated rings. The van der Waals surface area contributed by atoms with Gasteiger partial charge in [0.05, 0.1) is 10.6 Å². The van der Waals surface area contributed by atoms with Crippen molar-refractivity contribution in [3.8, 4) is 0 Å². The molecule has 3 nitrogen and oxygen atoms in total. The Hall–Kier alpha value is -1.08. The Morgan fingerprint density at radius 2 is 1.67 bits per heavy atom. The van der Waals surface area contributed by atoms with Crippen LogP contribution < -0.4 is 4.72 Å². The SMILES string of the molecule is O=S(=O)(Nc1cccc2c1CCCC2)c1ccc(I)cc1.